The van der Waals surface area contributed by atoms with Gasteiger partial charge in [-0.05, 0) is 42.4 Å². The van der Waals surface area contributed by atoms with Crippen molar-refractivity contribution in [3.63, 3.8) is 0 Å². The van der Waals surface area contributed by atoms with E-state index in [1.165, 1.54) is 6.08 Å². The number of aromatic nitrogens is 4. The van der Waals surface area contributed by atoms with Crippen molar-refractivity contribution in [2.75, 3.05) is 30.4 Å². The second kappa shape index (κ2) is 11.3. The van der Waals surface area contributed by atoms with Crippen LogP contribution in [0, 0.1) is 0 Å². The number of benzene rings is 1. The van der Waals surface area contributed by atoms with Gasteiger partial charge in [-0.15, -0.1) is 0 Å². The van der Waals surface area contributed by atoms with Crippen molar-refractivity contribution >= 4 is 29.2 Å². The zero-order valence-electron chi connectivity index (χ0n) is 22.0. The summed E-state index contributed by atoms with van der Waals surface area (Å²) in [6.07, 6.45) is 5.94. The Balaban J connectivity index is 1.31. The second-order valence-electron chi connectivity index (χ2n) is 10.2. The summed E-state index contributed by atoms with van der Waals surface area (Å²) >= 11 is 0. The average Bonchev–Trinajstić information content (AvgIpc) is 3.32. The number of nitrogens with zero attached hydrogens (tertiary/aromatic N) is 5. The molecular weight excluding hydrogens is 482 g/mol. The zero-order chi connectivity index (χ0) is 26.6. The van der Waals surface area contributed by atoms with Crippen LogP contribution in [0.25, 0.3) is 5.65 Å². The molecule has 0 saturated carbocycles. The molecule has 2 fully saturated rings. The van der Waals surface area contributed by atoms with Gasteiger partial charge in [-0.1, -0.05) is 44.7 Å². The molecule has 2 aromatic heterocycles. The molecule has 200 valence electrons. The summed E-state index contributed by atoms with van der Waals surface area (Å²) < 4.78 is 7.23. The van der Waals surface area contributed by atoms with Crippen LogP contribution in [0.1, 0.15) is 55.7 Å². The van der Waals surface area contributed by atoms with E-state index in [-0.39, 0.29) is 36.1 Å². The van der Waals surface area contributed by atoms with Gasteiger partial charge in [0.05, 0.1) is 12.2 Å². The Morgan fingerprint density at radius 2 is 1.97 bits per heavy atom. The van der Waals surface area contributed by atoms with Crippen LogP contribution in [-0.2, 0) is 27.3 Å². The molecule has 0 radical (unpaired) electrons. The number of ketones is 1. The predicted molar refractivity (Wildman–Crippen MR) is 145 cm³/mol. The van der Waals surface area contributed by atoms with Gasteiger partial charge in [-0.2, -0.15) is 19.6 Å². The Morgan fingerprint density at radius 1 is 1.18 bits per heavy atom. The number of nitrogens with one attached hydrogen (secondary N) is 2. The van der Waals surface area contributed by atoms with Crippen molar-refractivity contribution in [1.29, 1.82) is 0 Å². The minimum absolute atomic E-state index is 0.0515. The van der Waals surface area contributed by atoms with Gasteiger partial charge in [0.1, 0.15) is 0 Å². The molecule has 4 heterocycles. The van der Waals surface area contributed by atoms with Crippen molar-refractivity contribution < 1.29 is 14.3 Å². The van der Waals surface area contributed by atoms with Crippen molar-refractivity contribution in [1.82, 2.24) is 24.5 Å². The number of carbonyl (C=O) groups is 2. The first kappa shape index (κ1) is 25.8. The van der Waals surface area contributed by atoms with Crippen molar-refractivity contribution in [3.05, 3.63) is 59.8 Å². The van der Waals surface area contributed by atoms with E-state index in [4.69, 9.17) is 14.7 Å². The lowest BCUT2D eigenvalue weighted by Gasteiger charge is -2.39. The third-order valence-corrected chi connectivity index (χ3v) is 7.24. The Bertz CT molecular complexity index is 1330. The van der Waals surface area contributed by atoms with Gasteiger partial charge in [0.25, 0.3) is 0 Å². The number of anilines is 2. The minimum atomic E-state index is -0.354. The van der Waals surface area contributed by atoms with E-state index >= 15 is 0 Å². The maximum absolute atomic E-state index is 12.8. The number of rotatable bonds is 10. The second-order valence-corrected chi connectivity index (χ2v) is 10.2. The molecule has 3 aromatic rings. The Kier molecular flexibility index (Phi) is 7.69. The summed E-state index contributed by atoms with van der Waals surface area (Å²) in [5.41, 5.74) is 3.78. The molecule has 1 atom stereocenters. The number of hydrogen-bond donors (Lipinski definition) is 2. The van der Waals surface area contributed by atoms with Crippen LogP contribution in [0.3, 0.4) is 0 Å². The first-order valence-electron chi connectivity index (χ1n) is 13.3. The Labute approximate surface area is 222 Å². The molecule has 38 heavy (non-hydrogen) atoms. The first-order chi connectivity index (χ1) is 18.4. The summed E-state index contributed by atoms with van der Waals surface area (Å²) in [5.74, 6) is 1.32. The van der Waals surface area contributed by atoms with Gasteiger partial charge < -0.3 is 20.3 Å². The van der Waals surface area contributed by atoms with Crippen LogP contribution in [0.4, 0.5) is 11.9 Å². The van der Waals surface area contributed by atoms with Crippen LogP contribution < -0.4 is 10.6 Å². The number of carbonyl (C=O) groups excluding carboxylic acids is 2. The summed E-state index contributed by atoms with van der Waals surface area (Å²) in [4.78, 5) is 35.9. The molecule has 0 aliphatic carbocycles. The lowest BCUT2D eigenvalue weighted by atomic mass is 9.93. The van der Waals surface area contributed by atoms with E-state index in [9.17, 15) is 9.59 Å². The first-order valence-corrected chi connectivity index (χ1v) is 13.3. The summed E-state index contributed by atoms with van der Waals surface area (Å²) in [7, 11) is 0. The summed E-state index contributed by atoms with van der Waals surface area (Å²) in [6.45, 7) is 10.4. The topological polar surface area (TPSA) is 114 Å². The minimum Gasteiger partial charge on any atom is -0.381 e. The zero-order valence-corrected chi connectivity index (χ0v) is 22.0. The highest BCUT2D eigenvalue weighted by atomic mass is 16.5. The lowest BCUT2D eigenvalue weighted by molar-refractivity contribution is -0.142. The SMILES string of the molecule is C=CC(=O)N1CC[C@H]1C(=O)Cc1cccc(CNc2nc(NC3CCOCC3)nc3c(C(C)C)cnn23)c1. The molecule has 10 heteroatoms. The number of fused-ring (bicyclic) bond motifs is 1. The van der Waals surface area contributed by atoms with Gasteiger partial charge in [-0.25, -0.2) is 0 Å². The van der Waals surface area contributed by atoms with E-state index in [0.717, 1.165) is 48.4 Å². The molecule has 10 nitrogen and oxygen atoms in total. The molecule has 0 unspecified atom stereocenters. The fourth-order valence-corrected chi connectivity index (χ4v) is 4.96. The summed E-state index contributed by atoms with van der Waals surface area (Å²) in [6, 6.07) is 7.85. The monoisotopic (exact) mass is 517 g/mol. The van der Waals surface area contributed by atoms with Crippen LogP contribution in [0.15, 0.2) is 43.1 Å². The molecule has 5 rings (SSSR count). The lowest BCUT2D eigenvalue weighted by Crippen LogP contribution is -2.55. The molecule has 2 saturated heterocycles. The van der Waals surface area contributed by atoms with E-state index in [2.05, 4.69) is 36.2 Å². The molecule has 0 bridgehead atoms. The van der Waals surface area contributed by atoms with Crippen LogP contribution in [0.2, 0.25) is 0 Å². The average molecular weight is 518 g/mol. The van der Waals surface area contributed by atoms with E-state index in [1.54, 1.807) is 9.42 Å². The van der Waals surface area contributed by atoms with Gasteiger partial charge >= 0.3 is 0 Å². The molecule has 2 N–H and O–H groups in total. The third kappa shape index (κ3) is 5.55. The van der Waals surface area contributed by atoms with Gasteiger partial charge in [-0.3, -0.25) is 9.59 Å². The van der Waals surface area contributed by atoms with Gasteiger partial charge in [0, 0.05) is 44.3 Å². The Morgan fingerprint density at radius 3 is 2.68 bits per heavy atom. The molecule has 1 aromatic carbocycles. The number of ether oxygens (including phenoxy) is 1. The fraction of sp³-hybridized carbons (Fsp3) is 0.464. The van der Waals surface area contributed by atoms with Crippen LogP contribution in [0.5, 0.6) is 0 Å². The normalized spacial score (nSPS) is 17.9. The number of hydrogen-bond acceptors (Lipinski definition) is 8. The van der Waals surface area contributed by atoms with E-state index < -0.39 is 0 Å². The standard InChI is InChI=1S/C28H35N7O3/c1-4-25(37)34-11-8-23(34)24(36)15-19-6-5-7-20(14-19)16-29-28-33-27(31-21-9-12-38-13-10-21)32-26-22(18(2)3)17-30-35(26)28/h4-7,14,17-18,21,23H,1,8-13,15-16H2,2-3H3,(H2,29,31,32,33)/t23-/m0/s1. The smallest absolute Gasteiger partial charge is 0.246 e. The fourth-order valence-electron chi connectivity index (χ4n) is 4.96. The van der Waals surface area contributed by atoms with Gasteiger partial charge in [0.2, 0.25) is 17.8 Å². The van der Waals surface area contributed by atoms with Crippen molar-refractivity contribution in [2.45, 2.75) is 64.1 Å². The highest BCUT2D eigenvalue weighted by Gasteiger charge is 2.35. The maximum atomic E-state index is 12.8. The van der Waals surface area contributed by atoms with Crippen molar-refractivity contribution in [2.24, 2.45) is 0 Å². The predicted octanol–water partition coefficient (Wildman–Crippen LogP) is 3.35. The molecular formula is C28H35N7O3. The molecule has 2 aliphatic rings. The largest absolute Gasteiger partial charge is 0.381 e. The van der Waals surface area contributed by atoms with E-state index in [1.807, 2.05) is 30.5 Å². The quantitative estimate of drug-likeness (QED) is 0.394. The van der Waals surface area contributed by atoms with E-state index in [0.29, 0.717) is 31.4 Å². The summed E-state index contributed by atoms with van der Waals surface area (Å²) in [5, 5.41) is 11.5. The number of likely N-dealkylation sites (tertiary alicyclic amines) is 1. The highest BCUT2D eigenvalue weighted by Crippen LogP contribution is 2.24. The Hall–Kier alpha value is -3.79. The maximum Gasteiger partial charge on any atom is 0.246 e. The molecule has 1 amide bonds. The van der Waals surface area contributed by atoms with Gasteiger partial charge in [0.15, 0.2) is 11.4 Å². The number of Topliss-reactive ketones (excluding diaryl/α,β-unsaturated/α-hetero) is 1. The molecule has 2 aliphatic heterocycles. The highest BCUT2D eigenvalue weighted by molar-refractivity contribution is 5.95. The van der Waals surface area contributed by atoms with Crippen molar-refractivity contribution in [3.8, 4) is 0 Å². The van der Waals surface area contributed by atoms with Crippen LogP contribution in [-0.4, -0.2) is 68.0 Å². The van der Waals surface area contributed by atoms with Crippen LogP contribution >= 0.6 is 0 Å². The molecule has 0 spiro atoms. The third-order valence-electron chi connectivity index (χ3n) is 7.24. The number of amides is 1.